The van der Waals surface area contributed by atoms with Crippen LogP contribution in [0.15, 0.2) is 36.4 Å². The first-order valence-corrected chi connectivity index (χ1v) is 14.2. The molecule has 1 N–H and O–H groups in total. The van der Waals surface area contributed by atoms with Crippen molar-refractivity contribution >= 4 is 62.3 Å². The Balaban J connectivity index is 2.44. The van der Waals surface area contributed by atoms with Gasteiger partial charge in [-0.15, -0.1) is 0 Å². The fourth-order valence-electron chi connectivity index (χ4n) is 3.41. The molecule has 0 aliphatic rings. The zero-order chi connectivity index (χ0) is 27.0. The quantitative estimate of drug-likeness (QED) is 0.367. The fraction of sp³-hybridized carbons (Fsp3) is 0.417. The molecule has 198 valence electrons. The smallest absolute Gasteiger partial charge is 0.244 e. The summed E-state index contributed by atoms with van der Waals surface area (Å²) in [4.78, 5) is 27.8. The Labute approximate surface area is 227 Å². The van der Waals surface area contributed by atoms with E-state index in [1.807, 2.05) is 6.92 Å². The number of rotatable bonds is 12. The maximum atomic E-state index is 13.6. The molecule has 2 rings (SSSR count). The molecule has 0 aromatic heterocycles. The van der Waals surface area contributed by atoms with Gasteiger partial charge in [0.05, 0.1) is 29.1 Å². The summed E-state index contributed by atoms with van der Waals surface area (Å²) < 4.78 is 31.7. The Morgan fingerprint density at radius 1 is 1.08 bits per heavy atom. The van der Waals surface area contributed by atoms with E-state index in [2.05, 4.69) is 5.32 Å². The number of halogens is 3. The molecule has 0 aliphatic carbocycles. The number of carbonyl (C=O) groups is 2. The van der Waals surface area contributed by atoms with Crippen molar-refractivity contribution < 1.29 is 22.7 Å². The molecule has 0 spiro atoms. The molecule has 0 saturated carbocycles. The summed E-state index contributed by atoms with van der Waals surface area (Å²) in [6.07, 6.45) is 2.66. The molecule has 2 aromatic rings. The molecule has 2 aromatic carbocycles. The zero-order valence-electron chi connectivity index (χ0n) is 20.6. The Morgan fingerprint density at radius 3 is 2.36 bits per heavy atom. The van der Waals surface area contributed by atoms with Crippen LogP contribution in [0.1, 0.15) is 32.3 Å². The van der Waals surface area contributed by atoms with Crippen molar-refractivity contribution in [1.82, 2.24) is 10.2 Å². The summed E-state index contributed by atoms with van der Waals surface area (Å²) in [5.41, 5.74) is 0.729. The van der Waals surface area contributed by atoms with E-state index in [-0.39, 0.29) is 28.9 Å². The van der Waals surface area contributed by atoms with Crippen molar-refractivity contribution in [3.05, 3.63) is 57.0 Å². The number of methoxy groups -OCH3 is 1. The van der Waals surface area contributed by atoms with Crippen LogP contribution in [0.2, 0.25) is 15.1 Å². The van der Waals surface area contributed by atoms with E-state index >= 15 is 0 Å². The number of nitrogens with zero attached hydrogens (tertiary/aromatic N) is 2. The molecular formula is C24H30Cl3N3O5S. The van der Waals surface area contributed by atoms with Gasteiger partial charge in [0, 0.05) is 18.1 Å². The number of ether oxygens (including phenoxy) is 1. The van der Waals surface area contributed by atoms with E-state index in [0.29, 0.717) is 22.2 Å². The van der Waals surface area contributed by atoms with Crippen LogP contribution in [-0.2, 0) is 26.2 Å². The third kappa shape index (κ3) is 8.16. The first-order chi connectivity index (χ1) is 16.9. The molecule has 0 bridgehead atoms. The minimum absolute atomic E-state index is 0.00235. The molecule has 1 atom stereocenters. The molecule has 2 amide bonds. The highest BCUT2D eigenvalue weighted by atomic mass is 35.5. The van der Waals surface area contributed by atoms with Gasteiger partial charge in [0.2, 0.25) is 21.8 Å². The number of carbonyl (C=O) groups excluding carboxylic acids is 2. The van der Waals surface area contributed by atoms with Gasteiger partial charge in [-0.2, -0.15) is 0 Å². The number of nitrogens with one attached hydrogen (secondary N) is 1. The summed E-state index contributed by atoms with van der Waals surface area (Å²) in [5, 5.41) is 3.73. The van der Waals surface area contributed by atoms with Crippen LogP contribution in [0.5, 0.6) is 5.75 Å². The highest BCUT2D eigenvalue weighted by Gasteiger charge is 2.31. The van der Waals surface area contributed by atoms with Gasteiger partial charge in [-0.05, 0) is 49.2 Å². The first kappa shape index (κ1) is 30.0. The minimum atomic E-state index is -3.94. The van der Waals surface area contributed by atoms with E-state index in [0.717, 1.165) is 23.4 Å². The Kier molecular flexibility index (Phi) is 11.2. The molecule has 12 heteroatoms. The largest absolute Gasteiger partial charge is 0.495 e. The second-order valence-corrected chi connectivity index (χ2v) is 11.3. The van der Waals surface area contributed by atoms with Crippen molar-refractivity contribution in [3.63, 3.8) is 0 Å². The van der Waals surface area contributed by atoms with Gasteiger partial charge >= 0.3 is 0 Å². The van der Waals surface area contributed by atoms with Crippen molar-refractivity contribution in [1.29, 1.82) is 0 Å². The lowest BCUT2D eigenvalue weighted by Gasteiger charge is -2.32. The summed E-state index contributed by atoms with van der Waals surface area (Å²) >= 11 is 18.3. The van der Waals surface area contributed by atoms with Crippen LogP contribution in [0.4, 0.5) is 5.69 Å². The van der Waals surface area contributed by atoms with Crippen LogP contribution in [0.3, 0.4) is 0 Å². The van der Waals surface area contributed by atoms with E-state index in [9.17, 15) is 18.0 Å². The highest BCUT2D eigenvalue weighted by Crippen LogP contribution is 2.33. The van der Waals surface area contributed by atoms with Gasteiger partial charge in [-0.1, -0.05) is 54.2 Å². The number of benzene rings is 2. The third-order valence-electron chi connectivity index (χ3n) is 5.42. The van der Waals surface area contributed by atoms with Crippen LogP contribution < -0.4 is 14.4 Å². The van der Waals surface area contributed by atoms with Crippen molar-refractivity contribution in [2.45, 2.75) is 39.3 Å². The minimum Gasteiger partial charge on any atom is -0.495 e. The van der Waals surface area contributed by atoms with Crippen LogP contribution in [0, 0.1) is 0 Å². The number of unbranched alkanes of at least 4 members (excludes halogenated alkanes) is 1. The maximum absolute atomic E-state index is 13.6. The Bertz CT molecular complexity index is 1190. The molecule has 0 radical (unpaired) electrons. The Hall–Kier alpha value is -2.20. The number of hydrogen-bond acceptors (Lipinski definition) is 5. The molecular weight excluding hydrogens is 549 g/mol. The molecule has 0 aliphatic heterocycles. The zero-order valence-corrected chi connectivity index (χ0v) is 23.6. The molecule has 0 fully saturated rings. The van der Waals surface area contributed by atoms with Crippen molar-refractivity contribution in [3.8, 4) is 5.75 Å². The highest BCUT2D eigenvalue weighted by molar-refractivity contribution is 7.92. The van der Waals surface area contributed by atoms with E-state index in [4.69, 9.17) is 39.5 Å². The van der Waals surface area contributed by atoms with Crippen LogP contribution >= 0.6 is 34.8 Å². The molecule has 0 heterocycles. The fourth-order valence-corrected chi connectivity index (χ4v) is 4.74. The third-order valence-corrected chi connectivity index (χ3v) is 7.52. The van der Waals surface area contributed by atoms with E-state index in [1.54, 1.807) is 31.2 Å². The van der Waals surface area contributed by atoms with Gasteiger partial charge in [0.15, 0.2) is 0 Å². The van der Waals surface area contributed by atoms with Gasteiger partial charge in [0.25, 0.3) is 0 Å². The van der Waals surface area contributed by atoms with E-state index in [1.165, 1.54) is 24.1 Å². The van der Waals surface area contributed by atoms with Gasteiger partial charge in [-0.25, -0.2) is 8.42 Å². The lowest BCUT2D eigenvalue weighted by molar-refractivity contribution is -0.139. The van der Waals surface area contributed by atoms with Gasteiger partial charge in [-0.3, -0.25) is 13.9 Å². The number of amides is 2. The number of sulfonamides is 1. The Morgan fingerprint density at radius 2 is 1.78 bits per heavy atom. The lowest BCUT2D eigenvalue weighted by atomic mass is 10.1. The summed E-state index contributed by atoms with van der Waals surface area (Å²) in [5.74, 6) is -0.742. The molecule has 8 nitrogen and oxygen atoms in total. The molecule has 36 heavy (non-hydrogen) atoms. The van der Waals surface area contributed by atoms with E-state index < -0.39 is 28.5 Å². The van der Waals surface area contributed by atoms with Crippen molar-refractivity contribution in [2.75, 3.05) is 30.8 Å². The second kappa shape index (κ2) is 13.4. The maximum Gasteiger partial charge on any atom is 0.244 e. The normalized spacial score (nSPS) is 12.1. The second-order valence-electron chi connectivity index (χ2n) is 8.18. The van der Waals surface area contributed by atoms with Crippen molar-refractivity contribution in [2.24, 2.45) is 0 Å². The van der Waals surface area contributed by atoms with Crippen LogP contribution in [-0.4, -0.2) is 57.6 Å². The number of anilines is 1. The molecule has 1 unspecified atom stereocenters. The first-order valence-electron chi connectivity index (χ1n) is 11.2. The van der Waals surface area contributed by atoms with Crippen LogP contribution in [0.25, 0.3) is 0 Å². The molecule has 0 saturated heterocycles. The summed E-state index contributed by atoms with van der Waals surface area (Å²) in [7, 11) is -2.55. The monoisotopic (exact) mass is 577 g/mol. The summed E-state index contributed by atoms with van der Waals surface area (Å²) in [6.45, 7) is 3.47. The SMILES string of the molecule is CCCCNC(=O)C(C)N(Cc1ccc(Cl)c(Cl)c1)C(=O)CN(c1cc(Cl)ccc1OC)S(C)(=O)=O. The average molecular weight is 579 g/mol. The van der Waals surface area contributed by atoms with Gasteiger partial charge < -0.3 is 15.0 Å². The lowest BCUT2D eigenvalue weighted by Crippen LogP contribution is -2.51. The van der Waals surface area contributed by atoms with Gasteiger partial charge in [0.1, 0.15) is 18.3 Å². The number of hydrogen-bond donors (Lipinski definition) is 1. The topological polar surface area (TPSA) is 96.0 Å². The summed E-state index contributed by atoms with van der Waals surface area (Å²) in [6, 6.07) is 8.44. The standard InChI is InChI=1S/C24H30Cl3N3O5S/c1-5-6-11-28-24(32)16(2)29(14-17-7-9-19(26)20(27)12-17)23(31)15-30(36(4,33)34)21-13-18(25)8-10-22(21)35-3/h7-10,12-13,16H,5-6,11,14-15H2,1-4H3,(H,28,32). The average Bonchev–Trinajstić information content (AvgIpc) is 2.81. The predicted molar refractivity (Wildman–Crippen MR) is 145 cm³/mol. The predicted octanol–water partition coefficient (Wildman–Crippen LogP) is 4.76.